The summed E-state index contributed by atoms with van der Waals surface area (Å²) >= 11 is 0. The highest BCUT2D eigenvalue weighted by molar-refractivity contribution is 5.30. The molecule has 4 nitrogen and oxygen atoms in total. The summed E-state index contributed by atoms with van der Waals surface area (Å²) in [6.07, 6.45) is 3.15. The van der Waals surface area contributed by atoms with Crippen molar-refractivity contribution >= 4 is 0 Å². The second-order valence-corrected chi connectivity index (χ2v) is 6.21. The van der Waals surface area contributed by atoms with Gasteiger partial charge in [-0.05, 0) is 38.2 Å². The van der Waals surface area contributed by atoms with Crippen LogP contribution in [-0.2, 0) is 11.8 Å². The second-order valence-electron chi connectivity index (χ2n) is 6.21. The van der Waals surface area contributed by atoms with Gasteiger partial charge in [0.1, 0.15) is 0 Å². The molecule has 1 atom stereocenters. The summed E-state index contributed by atoms with van der Waals surface area (Å²) in [6, 6.07) is 10.4. The predicted molar refractivity (Wildman–Crippen MR) is 77.3 cm³/mol. The molecule has 0 spiro atoms. The lowest BCUT2D eigenvalue weighted by Gasteiger charge is -2.20. The first-order valence-electron chi connectivity index (χ1n) is 7.21. The fraction of sp³-hybridized carbons (Fsp3) is 0.500. The number of aromatic nitrogens is 2. The molecule has 0 bridgehead atoms. The van der Waals surface area contributed by atoms with Crippen LogP contribution in [0.2, 0.25) is 0 Å². The molecular formula is C16H21N3O. The predicted octanol–water partition coefficient (Wildman–Crippen LogP) is 2.68. The monoisotopic (exact) mass is 271 g/mol. The van der Waals surface area contributed by atoms with Crippen molar-refractivity contribution in [1.29, 1.82) is 0 Å². The van der Waals surface area contributed by atoms with Crippen LogP contribution in [0, 0.1) is 5.92 Å². The van der Waals surface area contributed by atoms with Crippen LogP contribution < -0.4 is 5.73 Å². The Balaban J connectivity index is 1.78. The van der Waals surface area contributed by atoms with E-state index in [1.165, 1.54) is 18.4 Å². The third-order valence-corrected chi connectivity index (χ3v) is 4.16. The molecule has 1 unspecified atom stereocenters. The fourth-order valence-corrected chi connectivity index (χ4v) is 2.47. The van der Waals surface area contributed by atoms with Gasteiger partial charge in [-0.1, -0.05) is 35.5 Å². The molecule has 1 aromatic carbocycles. The first-order chi connectivity index (χ1) is 9.57. The summed E-state index contributed by atoms with van der Waals surface area (Å²) in [6.45, 7) is 4.22. The average Bonchev–Trinajstić information content (AvgIpc) is 3.20. The van der Waals surface area contributed by atoms with Crippen LogP contribution in [0.15, 0.2) is 34.9 Å². The Morgan fingerprint density at radius 1 is 1.30 bits per heavy atom. The van der Waals surface area contributed by atoms with E-state index in [0.29, 0.717) is 18.2 Å². The van der Waals surface area contributed by atoms with Crippen LogP contribution >= 0.6 is 0 Å². The molecule has 1 aliphatic carbocycles. The van der Waals surface area contributed by atoms with E-state index in [0.717, 1.165) is 5.82 Å². The summed E-state index contributed by atoms with van der Waals surface area (Å²) < 4.78 is 5.38. The van der Waals surface area contributed by atoms with Crippen molar-refractivity contribution in [1.82, 2.24) is 10.1 Å². The van der Waals surface area contributed by atoms with Gasteiger partial charge in [-0.25, -0.2) is 0 Å². The highest BCUT2D eigenvalue weighted by atomic mass is 16.5. The van der Waals surface area contributed by atoms with Crippen LogP contribution in [0.3, 0.4) is 0 Å². The van der Waals surface area contributed by atoms with Gasteiger partial charge in [0, 0.05) is 12.5 Å². The summed E-state index contributed by atoms with van der Waals surface area (Å²) in [4.78, 5) is 4.55. The maximum absolute atomic E-state index is 6.11. The number of benzene rings is 1. The molecule has 4 heteroatoms. The number of nitrogens with zero attached hydrogens (tertiary/aromatic N) is 2. The lowest BCUT2D eigenvalue weighted by molar-refractivity contribution is 0.353. The van der Waals surface area contributed by atoms with Crippen LogP contribution in [-0.4, -0.2) is 16.2 Å². The molecule has 0 aliphatic heterocycles. The molecule has 3 rings (SSSR count). The molecule has 0 amide bonds. The van der Waals surface area contributed by atoms with Crippen molar-refractivity contribution in [2.75, 3.05) is 0 Å². The zero-order chi connectivity index (χ0) is 14.2. The van der Waals surface area contributed by atoms with Gasteiger partial charge < -0.3 is 10.3 Å². The minimum absolute atomic E-state index is 0.156. The minimum Gasteiger partial charge on any atom is -0.339 e. The first kappa shape index (κ1) is 13.3. The topological polar surface area (TPSA) is 64.9 Å². The van der Waals surface area contributed by atoms with Gasteiger partial charge in [-0.3, -0.25) is 0 Å². The fourth-order valence-electron chi connectivity index (χ4n) is 2.47. The molecule has 1 fully saturated rings. The Bertz CT molecular complexity index is 572. The van der Waals surface area contributed by atoms with Gasteiger partial charge in [0.15, 0.2) is 5.82 Å². The van der Waals surface area contributed by atoms with Gasteiger partial charge in [-0.2, -0.15) is 4.98 Å². The van der Waals surface area contributed by atoms with Crippen molar-refractivity contribution in [2.45, 2.75) is 44.6 Å². The standard InChI is InChI=1S/C16H21N3O/c1-16(2,12-6-4-3-5-7-12)15-18-14(20-19-15)10-13(17)11-8-9-11/h3-7,11,13H,8-10,17H2,1-2H3. The largest absolute Gasteiger partial charge is 0.339 e. The number of nitrogens with two attached hydrogens (primary N) is 1. The highest BCUT2D eigenvalue weighted by Gasteiger charge is 2.32. The van der Waals surface area contributed by atoms with E-state index >= 15 is 0 Å². The van der Waals surface area contributed by atoms with E-state index in [9.17, 15) is 0 Å². The summed E-state index contributed by atoms with van der Waals surface area (Å²) in [5.41, 5.74) is 7.03. The van der Waals surface area contributed by atoms with Gasteiger partial charge >= 0.3 is 0 Å². The smallest absolute Gasteiger partial charge is 0.228 e. The molecule has 1 aromatic heterocycles. The number of hydrogen-bond donors (Lipinski definition) is 1. The van der Waals surface area contributed by atoms with Gasteiger partial charge in [0.2, 0.25) is 5.89 Å². The Morgan fingerprint density at radius 2 is 2.00 bits per heavy atom. The van der Waals surface area contributed by atoms with E-state index in [-0.39, 0.29) is 11.5 Å². The van der Waals surface area contributed by atoms with Gasteiger partial charge in [0.25, 0.3) is 0 Å². The molecule has 2 aromatic rings. The summed E-state index contributed by atoms with van der Waals surface area (Å²) in [5.74, 6) is 2.03. The zero-order valence-corrected chi connectivity index (χ0v) is 12.0. The van der Waals surface area contributed by atoms with Crippen molar-refractivity contribution in [2.24, 2.45) is 11.7 Å². The Labute approximate surface area is 119 Å². The van der Waals surface area contributed by atoms with Crippen LogP contribution in [0.1, 0.15) is 44.0 Å². The van der Waals surface area contributed by atoms with Crippen molar-refractivity contribution in [3.8, 4) is 0 Å². The van der Waals surface area contributed by atoms with Gasteiger partial charge in [-0.15, -0.1) is 0 Å². The summed E-state index contributed by atoms with van der Waals surface area (Å²) in [5, 5.41) is 4.16. The minimum atomic E-state index is -0.257. The highest BCUT2D eigenvalue weighted by Crippen LogP contribution is 2.33. The SMILES string of the molecule is CC(C)(c1ccccc1)c1noc(CC(N)C2CC2)n1. The maximum atomic E-state index is 6.11. The van der Waals surface area contributed by atoms with Crippen molar-refractivity contribution in [3.05, 3.63) is 47.6 Å². The van der Waals surface area contributed by atoms with Crippen LogP contribution in [0.4, 0.5) is 0 Å². The van der Waals surface area contributed by atoms with E-state index in [2.05, 4.69) is 36.1 Å². The molecule has 106 valence electrons. The average molecular weight is 271 g/mol. The maximum Gasteiger partial charge on any atom is 0.228 e. The van der Waals surface area contributed by atoms with Gasteiger partial charge in [0.05, 0.1) is 5.41 Å². The lowest BCUT2D eigenvalue weighted by Crippen LogP contribution is -2.25. The molecule has 1 heterocycles. The molecule has 1 saturated carbocycles. The molecule has 0 saturated heterocycles. The first-order valence-corrected chi connectivity index (χ1v) is 7.21. The van der Waals surface area contributed by atoms with E-state index < -0.39 is 0 Å². The Kier molecular flexibility index (Phi) is 3.34. The molecular weight excluding hydrogens is 250 g/mol. The number of rotatable bonds is 5. The second kappa shape index (κ2) is 5.02. The van der Waals surface area contributed by atoms with E-state index in [1.807, 2.05) is 18.2 Å². The van der Waals surface area contributed by atoms with E-state index in [1.54, 1.807) is 0 Å². The lowest BCUT2D eigenvalue weighted by atomic mass is 9.84. The summed E-state index contributed by atoms with van der Waals surface area (Å²) in [7, 11) is 0. The Hall–Kier alpha value is -1.68. The molecule has 20 heavy (non-hydrogen) atoms. The molecule has 0 radical (unpaired) electrons. The quantitative estimate of drug-likeness (QED) is 0.908. The third-order valence-electron chi connectivity index (χ3n) is 4.16. The Morgan fingerprint density at radius 3 is 2.65 bits per heavy atom. The van der Waals surface area contributed by atoms with Crippen LogP contribution in [0.25, 0.3) is 0 Å². The number of hydrogen-bond acceptors (Lipinski definition) is 4. The van der Waals surface area contributed by atoms with E-state index in [4.69, 9.17) is 10.3 Å². The zero-order valence-electron chi connectivity index (χ0n) is 12.0. The van der Waals surface area contributed by atoms with Crippen molar-refractivity contribution < 1.29 is 4.52 Å². The normalized spacial score (nSPS) is 17.1. The molecule has 1 aliphatic rings. The van der Waals surface area contributed by atoms with Crippen LogP contribution in [0.5, 0.6) is 0 Å². The molecule has 2 N–H and O–H groups in total. The third kappa shape index (κ3) is 2.61. The van der Waals surface area contributed by atoms with Crippen molar-refractivity contribution in [3.63, 3.8) is 0 Å².